The van der Waals surface area contributed by atoms with Gasteiger partial charge in [-0.3, -0.25) is 10.1 Å². The van der Waals surface area contributed by atoms with Gasteiger partial charge in [0, 0.05) is 13.0 Å². The molecule has 0 fully saturated rings. The van der Waals surface area contributed by atoms with Gasteiger partial charge in [-0.15, -0.1) is 0 Å². The molecular formula is C12H22N2O6. The zero-order valence-electron chi connectivity index (χ0n) is 11.6. The van der Waals surface area contributed by atoms with Gasteiger partial charge in [0.25, 0.3) is 0 Å². The summed E-state index contributed by atoms with van der Waals surface area (Å²) in [7, 11) is 0. The number of nitrogens with one attached hydrogen (secondary N) is 2. The number of allylic oxidation sites excluding steroid dienone is 2. The predicted octanol–water partition coefficient (Wildman–Crippen LogP) is 0.649. The average molecular weight is 290 g/mol. The van der Waals surface area contributed by atoms with E-state index in [1.165, 1.54) is 0 Å². The minimum Gasteiger partial charge on any atom is -0.465 e. The lowest BCUT2D eigenvalue weighted by atomic mass is 10.3. The zero-order chi connectivity index (χ0) is 15.1. The van der Waals surface area contributed by atoms with Gasteiger partial charge in [-0.1, -0.05) is 12.2 Å². The third-order valence-electron chi connectivity index (χ3n) is 2.02. The minimum atomic E-state index is -1.19. The van der Waals surface area contributed by atoms with Crippen molar-refractivity contribution < 1.29 is 29.2 Å². The van der Waals surface area contributed by atoms with E-state index in [0.29, 0.717) is 26.2 Å². The number of carboxylic acid groups (broad SMARTS) is 1. The SMILES string of the molecule is CC=CCCC(=O)NCCOCCOOCNC(=O)O. The topological polar surface area (TPSA) is 106 Å². The van der Waals surface area contributed by atoms with Gasteiger partial charge in [0.05, 0.1) is 13.2 Å². The third kappa shape index (κ3) is 14.4. The number of rotatable bonds is 12. The Bertz CT molecular complexity index is 296. The van der Waals surface area contributed by atoms with Gasteiger partial charge in [-0.05, 0) is 13.3 Å². The van der Waals surface area contributed by atoms with Crippen LogP contribution in [0.25, 0.3) is 0 Å². The summed E-state index contributed by atoms with van der Waals surface area (Å²) in [6.07, 6.45) is 3.86. The van der Waals surface area contributed by atoms with E-state index in [4.69, 9.17) is 9.84 Å². The van der Waals surface area contributed by atoms with Crippen molar-refractivity contribution in [3.8, 4) is 0 Å². The summed E-state index contributed by atoms with van der Waals surface area (Å²) in [5.41, 5.74) is 0. The van der Waals surface area contributed by atoms with Gasteiger partial charge >= 0.3 is 6.09 Å². The van der Waals surface area contributed by atoms with E-state index in [2.05, 4.69) is 15.1 Å². The second kappa shape index (κ2) is 13.8. The first-order valence-electron chi connectivity index (χ1n) is 6.33. The standard InChI is InChI=1S/C12H22N2O6/c1-2-3-4-5-11(15)13-6-7-18-8-9-19-20-10-14-12(16)17/h2-3,14H,4-10H2,1H3,(H,13,15)(H,16,17). The maximum absolute atomic E-state index is 11.3. The molecule has 0 aliphatic carbocycles. The fourth-order valence-corrected chi connectivity index (χ4v) is 1.12. The average Bonchev–Trinajstić information content (AvgIpc) is 2.41. The molecule has 0 saturated heterocycles. The number of hydrogen-bond acceptors (Lipinski definition) is 5. The van der Waals surface area contributed by atoms with Crippen LogP contribution in [-0.4, -0.2) is 50.2 Å². The van der Waals surface area contributed by atoms with Gasteiger partial charge in [0.2, 0.25) is 5.91 Å². The predicted molar refractivity (Wildman–Crippen MR) is 70.9 cm³/mol. The number of amides is 2. The second-order valence-electron chi connectivity index (χ2n) is 3.64. The maximum atomic E-state index is 11.3. The van der Waals surface area contributed by atoms with E-state index < -0.39 is 6.09 Å². The molecule has 20 heavy (non-hydrogen) atoms. The van der Waals surface area contributed by atoms with E-state index in [1.807, 2.05) is 24.4 Å². The molecule has 0 spiro atoms. The van der Waals surface area contributed by atoms with Crippen LogP contribution in [-0.2, 0) is 19.3 Å². The molecule has 0 aliphatic rings. The van der Waals surface area contributed by atoms with Crippen molar-refractivity contribution in [2.45, 2.75) is 19.8 Å². The van der Waals surface area contributed by atoms with Crippen molar-refractivity contribution in [3.63, 3.8) is 0 Å². The molecule has 3 N–H and O–H groups in total. The Balaban J connectivity index is 3.16. The van der Waals surface area contributed by atoms with Crippen LogP contribution in [0.4, 0.5) is 4.79 Å². The molecular weight excluding hydrogens is 268 g/mol. The van der Waals surface area contributed by atoms with E-state index in [0.717, 1.165) is 6.42 Å². The van der Waals surface area contributed by atoms with Crippen LogP contribution >= 0.6 is 0 Å². The fraction of sp³-hybridized carbons (Fsp3) is 0.667. The molecule has 8 nitrogen and oxygen atoms in total. The van der Waals surface area contributed by atoms with Crippen molar-refractivity contribution in [2.75, 3.05) is 33.1 Å². The first-order valence-corrected chi connectivity index (χ1v) is 6.33. The lowest BCUT2D eigenvalue weighted by Gasteiger charge is -2.06. The molecule has 116 valence electrons. The molecule has 0 aromatic heterocycles. The number of carbonyl (C=O) groups excluding carboxylic acids is 1. The van der Waals surface area contributed by atoms with Crippen molar-refractivity contribution in [3.05, 3.63) is 12.2 Å². The summed E-state index contributed by atoms with van der Waals surface area (Å²) in [6.45, 7) is 2.97. The summed E-state index contributed by atoms with van der Waals surface area (Å²) in [5.74, 6) is -0.00831. The first kappa shape index (κ1) is 18.4. The second-order valence-corrected chi connectivity index (χ2v) is 3.64. The summed E-state index contributed by atoms with van der Waals surface area (Å²) < 4.78 is 5.17. The molecule has 0 aromatic rings. The number of hydrogen-bond donors (Lipinski definition) is 3. The van der Waals surface area contributed by atoms with Crippen LogP contribution < -0.4 is 10.6 Å². The smallest absolute Gasteiger partial charge is 0.406 e. The highest BCUT2D eigenvalue weighted by atomic mass is 17.2. The molecule has 0 aromatic carbocycles. The zero-order valence-corrected chi connectivity index (χ0v) is 11.6. The van der Waals surface area contributed by atoms with E-state index in [9.17, 15) is 9.59 Å². The number of carbonyl (C=O) groups is 2. The van der Waals surface area contributed by atoms with Gasteiger partial charge in [0.1, 0.15) is 6.61 Å². The third-order valence-corrected chi connectivity index (χ3v) is 2.02. The molecule has 0 unspecified atom stereocenters. The van der Waals surface area contributed by atoms with Crippen LogP contribution in [0, 0.1) is 0 Å². The molecule has 0 heterocycles. The molecule has 0 radical (unpaired) electrons. The highest BCUT2D eigenvalue weighted by molar-refractivity contribution is 5.75. The molecule has 0 rings (SSSR count). The van der Waals surface area contributed by atoms with Crippen LogP contribution in [0.3, 0.4) is 0 Å². The molecule has 8 heteroatoms. The van der Waals surface area contributed by atoms with E-state index >= 15 is 0 Å². The van der Waals surface area contributed by atoms with Crippen LogP contribution in [0.2, 0.25) is 0 Å². The van der Waals surface area contributed by atoms with Crippen LogP contribution in [0.1, 0.15) is 19.8 Å². The molecule has 0 bridgehead atoms. The summed E-state index contributed by atoms with van der Waals surface area (Å²) >= 11 is 0. The Labute approximate surface area is 118 Å². The maximum Gasteiger partial charge on any atom is 0.406 e. The Morgan fingerprint density at radius 1 is 1.15 bits per heavy atom. The van der Waals surface area contributed by atoms with E-state index in [1.54, 1.807) is 0 Å². The highest BCUT2D eigenvalue weighted by Crippen LogP contribution is 1.90. The van der Waals surface area contributed by atoms with E-state index in [-0.39, 0.29) is 19.2 Å². The van der Waals surface area contributed by atoms with Gasteiger partial charge in [-0.2, -0.15) is 0 Å². The largest absolute Gasteiger partial charge is 0.465 e. The Hall–Kier alpha value is -1.64. The molecule has 2 amide bonds. The Morgan fingerprint density at radius 2 is 1.95 bits per heavy atom. The van der Waals surface area contributed by atoms with Crippen LogP contribution in [0.5, 0.6) is 0 Å². The van der Waals surface area contributed by atoms with Gasteiger partial charge < -0.3 is 15.2 Å². The monoisotopic (exact) mass is 290 g/mol. The normalized spacial score (nSPS) is 10.7. The van der Waals surface area contributed by atoms with Crippen molar-refractivity contribution in [1.29, 1.82) is 0 Å². The Morgan fingerprint density at radius 3 is 2.65 bits per heavy atom. The molecule has 0 aliphatic heterocycles. The van der Waals surface area contributed by atoms with Crippen molar-refractivity contribution in [2.24, 2.45) is 0 Å². The summed E-state index contributed by atoms with van der Waals surface area (Å²) in [6, 6.07) is 0. The lowest BCUT2D eigenvalue weighted by molar-refractivity contribution is -0.301. The molecule has 0 atom stereocenters. The molecule has 0 saturated carbocycles. The lowest BCUT2D eigenvalue weighted by Crippen LogP contribution is -2.27. The fourth-order valence-electron chi connectivity index (χ4n) is 1.12. The van der Waals surface area contributed by atoms with Crippen molar-refractivity contribution in [1.82, 2.24) is 10.6 Å². The number of ether oxygens (including phenoxy) is 1. The minimum absolute atomic E-state index is 0.00831. The van der Waals surface area contributed by atoms with Crippen molar-refractivity contribution >= 4 is 12.0 Å². The first-order chi connectivity index (χ1) is 9.66. The van der Waals surface area contributed by atoms with Gasteiger partial charge in [0.15, 0.2) is 6.73 Å². The van der Waals surface area contributed by atoms with Crippen LogP contribution in [0.15, 0.2) is 12.2 Å². The summed E-state index contributed by atoms with van der Waals surface area (Å²) in [5, 5.41) is 12.9. The Kier molecular flexibility index (Phi) is 12.7. The van der Waals surface area contributed by atoms with Gasteiger partial charge in [-0.25, -0.2) is 14.6 Å². The highest BCUT2D eigenvalue weighted by Gasteiger charge is 1.98. The summed E-state index contributed by atoms with van der Waals surface area (Å²) in [4.78, 5) is 30.4. The quantitative estimate of drug-likeness (QED) is 0.160.